The van der Waals surface area contributed by atoms with Gasteiger partial charge in [0, 0.05) is 0 Å². The minimum absolute atomic E-state index is 0.420. The number of hydrogen-bond acceptors (Lipinski definition) is 1. The molecule has 0 radical (unpaired) electrons. The third-order valence-corrected chi connectivity index (χ3v) is 7.50. The van der Waals surface area contributed by atoms with E-state index in [-0.39, 0.29) is 0 Å². The Morgan fingerprint density at radius 2 is 2.04 bits per heavy atom. The molecule has 0 amide bonds. The predicted molar refractivity (Wildman–Crippen MR) is 96.5 cm³/mol. The lowest BCUT2D eigenvalue weighted by Crippen LogP contribution is -2.40. The van der Waals surface area contributed by atoms with Crippen molar-refractivity contribution in [1.29, 1.82) is 0 Å². The normalized spacial score (nSPS) is 36.1. The first kappa shape index (κ1) is 15.9. The molecular weight excluding hydrogens is 296 g/mol. The van der Waals surface area contributed by atoms with Crippen LogP contribution in [0.5, 0.6) is 0 Å². The molecule has 3 unspecified atom stereocenters. The van der Waals surface area contributed by atoms with Gasteiger partial charge in [-0.15, -0.1) is 0 Å². The van der Waals surface area contributed by atoms with Crippen molar-refractivity contribution in [2.75, 3.05) is 0 Å². The molecular formula is C22H28O2. The summed E-state index contributed by atoms with van der Waals surface area (Å²) < 4.78 is 0. The van der Waals surface area contributed by atoms with E-state index in [9.17, 15) is 9.90 Å². The number of hydrogen-bond donors (Lipinski definition) is 1. The number of carboxylic acid groups (broad SMARTS) is 1. The molecule has 0 aliphatic heterocycles. The van der Waals surface area contributed by atoms with Crippen LogP contribution in [-0.4, -0.2) is 11.1 Å². The third-order valence-electron chi connectivity index (χ3n) is 7.50. The molecule has 0 saturated heterocycles. The molecule has 0 spiro atoms. The zero-order valence-corrected chi connectivity index (χ0v) is 15.1. The maximum Gasteiger partial charge on any atom is 0.335 e. The van der Waals surface area contributed by atoms with Gasteiger partial charge in [-0.05, 0) is 98.3 Å². The van der Waals surface area contributed by atoms with Crippen molar-refractivity contribution in [2.24, 2.45) is 17.3 Å². The molecule has 0 aromatic heterocycles. The van der Waals surface area contributed by atoms with E-state index < -0.39 is 5.97 Å². The predicted octanol–water partition coefficient (Wildman–Crippen LogP) is 5.50. The Balaban J connectivity index is 1.73. The first-order valence-electron chi connectivity index (χ1n) is 9.48. The van der Waals surface area contributed by atoms with Gasteiger partial charge in [0.05, 0.1) is 5.56 Å². The number of fused-ring (bicyclic) bond motifs is 5. The highest BCUT2D eigenvalue weighted by Gasteiger charge is 2.52. The van der Waals surface area contributed by atoms with Gasteiger partial charge in [-0.25, -0.2) is 4.79 Å². The van der Waals surface area contributed by atoms with Gasteiger partial charge in [-0.1, -0.05) is 24.6 Å². The highest BCUT2D eigenvalue weighted by molar-refractivity contribution is 5.89. The number of aromatic carboxylic acids is 1. The van der Waals surface area contributed by atoms with E-state index in [0.29, 0.717) is 16.9 Å². The molecule has 4 rings (SSSR count). The van der Waals surface area contributed by atoms with Gasteiger partial charge in [0.1, 0.15) is 0 Å². The fraction of sp³-hybridized carbons (Fsp3) is 0.591. The Morgan fingerprint density at radius 1 is 1.25 bits per heavy atom. The molecule has 2 saturated carbocycles. The number of carbonyl (C=O) groups is 1. The van der Waals surface area contributed by atoms with Crippen LogP contribution < -0.4 is 0 Å². The van der Waals surface area contributed by atoms with Crippen LogP contribution in [0.3, 0.4) is 0 Å². The first-order chi connectivity index (χ1) is 11.5. The zero-order valence-electron chi connectivity index (χ0n) is 15.1. The van der Waals surface area contributed by atoms with Gasteiger partial charge < -0.3 is 5.11 Å². The fourth-order valence-electron chi connectivity index (χ4n) is 6.29. The Kier molecular flexibility index (Phi) is 3.63. The van der Waals surface area contributed by atoms with Gasteiger partial charge >= 0.3 is 5.97 Å². The van der Waals surface area contributed by atoms with Gasteiger partial charge in [0.2, 0.25) is 0 Å². The van der Waals surface area contributed by atoms with E-state index in [4.69, 9.17) is 0 Å². The van der Waals surface area contributed by atoms with Crippen LogP contribution in [0.15, 0.2) is 23.8 Å². The molecule has 2 nitrogen and oxygen atoms in total. The Labute approximate surface area is 145 Å². The second-order valence-electron chi connectivity index (χ2n) is 8.40. The van der Waals surface area contributed by atoms with E-state index in [2.05, 4.69) is 26.0 Å². The second-order valence-corrected chi connectivity index (χ2v) is 8.40. The molecule has 3 aliphatic carbocycles. The maximum absolute atomic E-state index is 11.4. The molecule has 1 aromatic carbocycles. The molecule has 0 bridgehead atoms. The Morgan fingerprint density at radius 3 is 2.75 bits per heavy atom. The number of aryl methyl sites for hydroxylation is 2. The molecule has 24 heavy (non-hydrogen) atoms. The first-order valence-corrected chi connectivity index (χ1v) is 9.48. The van der Waals surface area contributed by atoms with Crippen LogP contribution >= 0.6 is 0 Å². The third kappa shape index (κ3) is 2.11. The van der Waals surface area contributed by atoms with Crippen molar-refractivity contribution < 1.29 is 9.90 Å². The quantitative estimate of drug-likeness (QED) is 0.693. The smallest absolute Gasteiger partial charge is 0.335 e. The van der Waals surface area contributed by atoms with Crippen molar-refractivity contribution in [3.8, 4) is 0 Å². The summed E-state index contributed by atoms with van der Waals surface area (Å²) in [5.41, 5.74) is 6.29. The minimum Gasteiger partial charge on any atom is -0.478 e. The molecule has 1 aromatic rings. The average Bonchev–Trinajstić information content (AvgIpc) is 2.90. The maximum atomic E-state index is 11.4. The van der Waals surface area contributed by atoms with E-state index in [1.165, 1.54) is 43.2 Å². The number of rotatable bonds is 1. The zero-order chi connectivity index (χ0) is 17.1. The molecule has 2 heteroatoms. The van der Waals surface area contributed by atoms with Gasteiger partial charge in [0.25, 0.3) is 0 Å². The number of allylic oxidation sites excluding steroid dienone is 2. The lowest BCUT2D eigenvalue weighted by molar-refractivity contribution is 0.0694. The van der Waals surface area contributed by atoms with E-state index in [1.807, 2.05) is 13.0 Å². The second kappa shape index (κ2) is 5.47. The molecule has 128 valence electrons. The number of carboxylic acids is 1. The average molecular weight is 324 g/mol. The van der Waals surface area contributed by atoms with Gasteiger partial charge in [-0.2, -0.15) is 0 Å². The van der Waals surface area contributed by atoms with E-state index >= 15 is 0 Å². The molecule has 4 atom stereocenters. The molecule has 2 fully saturated rings. The van der Waals surface area contributed by atoms with Crippen molar-refractivity contribution >= 4 is 5.97 Å². The van der Waals surface area contributed by atoms with E-state index in [0.717, 1.165) is 23.8 Å². The highest BCUT2D eigenvalue weighted by atomic mass is 16.4. The summed E-state index contributed by atoms with van der Waals surface area (Å²) in [4.78, 5) is 11.4. The van der Waals surface area contributed by atoms with E-state index in [1.54, 1.807) is 5.57 Å². The van der Waals surface area contributed by atoms with Crippen molar-refractivity contribution in [3.63, 3.8) is 0 Å². The van der Waals surface area contributed by atoms with Crippen LogP contribution in [0.2, 0.25) is 0 Å². The summed E-state index contributed by atoms with van der Waals surface area (Å²) in [7, 11) is 0. The van der Waals surface area contributed by atoms with Crippen LogP contribution in [0.25, 0.3) is 0 Å². The topological polar surface area (TPSA) is 37.3 Å². The van der Waals surface area contributed by atoms with Crippen LogP contribution in [-0.2, 0) is 6.42 Å². The fourth-order valence-corrected chi connectivity index (χ4v) is 6.29. The summed E-state index contributed by atoms with van der Waals surface area (Å²) in [6, 6.07) is 4.16. The van der Waals surface area contributed by atoms with Crippen molar-refractivity contribution in [1.82, 2.24) is 0 Å². The lowest BCUT2D eigenvalue weighted by atomic mass is 9.55. The summed E-state index contributed by atoms with van der Waals surface area (Å²) in [6.07, 6.45) is 9.83. The number of benzene rings is 1. The SMILES string of the molecule is CC=C1CCC2C3CCc4cc(C(=O)O)c(C)cc4C3CC[C@]12C. The molecule has 0 heterocycles. The van der Waals surface area contributed by atoms with Crippen LogP contribution in [0.1, 0.15) is 78.9 Å². The summed E-state index contributed by atoms with van der Waals surface area (Å²) in [6.45, 7) is 6.67. The minimum atomic E-state index is -0.790. The Bertz CT molecular complexity index is 730. The molecule has 1 N–H and O–H groups in total. The van der Waals surface area contributed by atoms with Crippen LogP contribution in [0, 0.1) is 24.2 Å². The largest absolute Gasteiger partial charge is 0.478 e. The molecule has 3 aliphatic rings. The van der Waals surface area contributed by atoms with Crippen molar-refractivity contribution in [3.05, 3.63) is 46.0 Å². The standard InChI is InChI=1S/C22H28O2/c1-4-15-6-8-20-17-7-5-14-12-18(21(23)24)13(2)11-19(14)16(17)9-10-22(15,20)3/h4,11-12,16-17,20H,5-10H2,1-3H3,(H,23,24)/t16?,17?,20?,22-/m1/s1. The monoisotopic (exact) mass is 324 g/mol. The summed E-state index contributed by atoms with van der Waals surface area (Å²) >= 11 is 0. The summed E-state index contributed by atoms with van der Waals surface area (Å²) in [5, 5.41) is 9.41. The summed E-state index contributed by atoms with van der Waals surface area (Å²) in [5.74, 6) is 1.45. The van der Waals surface area contributed by atoms with Gasteiger partial charge in [0.15, 0.2) is 0 Å². The van der Waals surface area contributed by atoms with Crippen LogP contribution in [0.4, 0.5) is 0 Å². The van der Waals surface area contributed by atoms with Gasteiger partial charge in [-0.3, -0.25) is 0 Å². The lowest BCUT2D eigenvalue weighted by Gasteiger charge is -2.49. The highest BCUT2D eigenvalue weighted by Crippen LogP contribution is 2.62. The van der Waals surface area contributed by atoms with Crippen molar-refractivity contribution in [2.45, 2.75) is 65.2 Å². The Hall–Kier alpha value is -1.57.